The number of benzene rings is 1. The van der Waals surface area contributed by atoms with Crippen LogP contribution < -0.4 is 16.6 Å². The molecule has 0 spiro atoms. The van der Waals surface area contributed by atoms with E-state index in [0.29, 0.717) is 30.4 Å². The molecule has 0 aliphatic carbocycles. The number of aromatic nitrogens is 2. The fourth-order valence-corrected chi connectivity index (χ4v) is 3.56. The number of amides is 1. The molecule has 2 aromatic heterocycles. The molecule has 1 N–H and O–H groups in total. The molecule has 0 radical (unpaired) electrons. The Kier molecular flexibility index (Phi) is 5.68. The van der Waals surface area contributed by atoms with Crippen LogP contribution in [0.5, 0.6) is 0 Å². The first-order chi connectivity index (χ1) is 12.6. The molecule has 1 aromatic carbocycles. The lowest BCUT2D eigenvalue weighted by atomic mass is 10.2. The number of carbonyl (C=O) groups is 1. The molecule has 0 aliphatic rings. The molecule has 136 valence electrons. The predicted molar refractivity (Wildman–Crippen MR) is 104 cm³/mol. The van der Waals surface area contributed by atoms with Crippen molar-refractivity contribution in [3.05, 3.63) is 67.5 Å². The number of nitrogens with zero attached hydrogens (tertiary/aromatic N) is 2. The van der Waals surface area contributed by atoms with E-state index < -0.39 is 5.69 Å². The topological polar surface area (TPSA) is 73.1 Å². The molecule has 0 saturated heterocycles. The molecule has 0 saturated carbocycles. The summed E-state index contributed by atoms with van der Waals surface area (Å²) in [5.41, 5.74) is -0.272. The standard InChI is InChI=1S/C19H21N3O3S/c1-2-10-20-17(23)13-22-16-8-4-3-7-15(16)18(24)21(19(22)25)11-9-14-6-5-12-26-14/h3-8,12H,2,9-11,13H2,1H3,(H,20,23). The Morgan fingerprint density at radius 2 is 1.92 bits per heavy atom. The summed E-state index contributed by atoms with van der Waals surface area (Å²) in [4.78, 5) is 39.0. The molecule has 26 heavy (non-hydrogen) atoms. The Morgan fingerprint density at radius 1 is 1.12 bits per heavy atom. The van der Waals surface area contributed by atoms with Crippen LogP contribution in [0.15, 0.2) is 51.4 Å². The Labute approximate surface area is 154 Å². The lowest BCUT2D eigenvalue weighted by molar-refractivity contribution is -0.121. The SMILES string of the molecule is CCCNC(=O)Cn1c(=O)n(CCc2cccs2)c(=O)c2ccccc21. The number of carbonyl (C=O) groups excluding carboxylic acids is 1. The number of fused-ring (bicyclic) bond motifs is 1. The predicted octanol–water partition coefficient (Wildman–Crippen LogP) is 1.99. The Balaban J connectivity index is 2.03. The molecule has 0 fully saturated rings. The van der Waals surface area contributed by atoms with E-state index in [2.05, 4.69) is 5.32 Å². The van der Waals surface area contributed by atoms with Crippen LogP contribution in [0, 0.1) is 0 Å². The lowest BCUT2D eigenvalue weighted by Crippen LogP contribution is -2.43. The maximum absolute atomic E-state index is 12.9. The van der Waals surface area contributed by atoms with E-state index in [4.69, 9.17) is 0 Å². The van der Waals surface area contributed by atoms with Crippen molar-refractivity contribution >= 4 is 28.1 Å². The summed E-state index contributed by atoms with van der Waals surface area (Å²) in [5.74, 6) is -0.234. The normalized spacial score (nSPS) is 11.0. The van der Waals surface area contributed by atoms with Crippen molar-refractivity contribution in [1.29, 1.82) is 0 Å². The van der Waals surface area contributed by atoms with Gasteiger partial charge < -0.3 is 5.32 Å². The first-order valence-electron chi connectivity index (χ1n) is 8.63. The number of thiophene rings is 1. The number of aryl methyl sites for hydroxylation is 1. The van der Waals surface area contributed by atoms with Gasteiger partial charge in [-0.25, -0.2) is 4.79 Å². The smallest absolute Gasteiger partial charge is 0.331 e. The van der Waals surface area contributed by atoms with Gasteiger partial charge in [0.2, 0.25) is 5.91 Å². The van der Waals surface area contributed by atoms with E-state index >= 15 is 0 Å². The van der Waals surface area contributed by atoms with Gasteiger partial charge in [-0.3, -0.25) is 18.7 Å². The van der Waals surface area contributed by atoms with Crippen LogP contribution in [0.2, 0.25) is 0 Å². The highest BCUT2D eigenvalue weighted by atomic mass is 32.1. The molecule has 3 aromatic rings. The van der Waals surface area contributed by atoms with Gasteiger partial charge in [-0.2, -0.15) is 0 Å². The van der Waals surface area contributed by atoms with Crippen molar-refractivity contribution < 1.29 is 4.79 Å². The fraction of sp³-hybridized carbons (Fsp3) is 0.316. The monoisotopic (exact) mass is 371 g/mol. The summed E-state index contributed by atoms with van der Waals surface area (Å²) in [6, 6.07) is 10.8. The highest BCUT2D eigenvalue weighted by Crippen LogP contribution is 2.11. The van der Waals surface area contributed by atoms with Crippen LogP contribution in [0.3, 0.4) is 0 Å². The van der Waals surface area contributed by atoms with Crippen LogP contribution in [0.1, 0.15) is 18.2 Å². The maximum atomic E-state index is 12.9. The van der Waals surface area contributed by atoms with Crippen LogP contribution in [0.25, 0.3) is 10.9 Å². The molecule has 7 heteroatoms. The molecular weight excluding hydrogens is 350 g/mol. The molecule has 6 nitrogen and oxygen atoms in total. The fourth-order valence-electron chi connectivity index (χ4n) is 2.86. The van der Waals surface area contributed by atoms with Gasteiger partial charge in [0.15, 0.2) is 0 Å². The van der Waals surface area contributed by atoms with E-state index in [9.17, 15) is 14.4 Å². The maximum Gasteiger partial charge on any atom is 0.331 e. The summed E-state index contributed by atoms with van der Waals surface area (Å²) in [5, 5.41) is 5.19. The van der Waals surface area contributed by atoms with Crippen LogP contribution >= 0.6 is 11.3 Å². The van der Waals surface area contributed by atoms with Gasteiger partial charge in [0, 0.05) is 18.0 Å². The Morgan fingerprint density at radius 3 is 2.65 bits per heavy atom. The highest BCUT2D eigenvalue weighted by molar-refractivity contribution is 7.09. The highest BCUT2D eigenvalue weighted by Gasteiger charge is 2.15. The summed E-state index contributed by atoms with van der Waals surface area (Å²) in [6.45, 7) is 2.72. The van der Waals surface area contributed by atoms with Gasteiger partial charge in [0.05, 0.1) is 10.9 Å². The van der Waals surface area contributed by atoms with E-state index in [1.54, 1.807) is 35.6 Å². The average molecular weight is 371 g/mol. The summed E-state index contributed by atoms with van der Waals surface area (Å²) < 4.78 is 2.62. The number of rotatable bonds is 7. The van der Waals surface area contributed by atoms with E-state index in [1.807, 2.05) is 24.4 Å². The Hall–Kier alpha value is -2.67. The minimum absolute atomic E-state index is 0.0986. The first-order valence-corrected chi connectivity index (χ1v) is 9.51. The number of para-hydroxylation sites is 1. The second kappa shape index (κ2) is 8.14. The van der Waals surface area contributed by atoms with Gasteiger partial charge in [0.1, 0.15) is 6.54 Å². The van der Waals surface area contributed by atoms with Gasteiger partial charge in [-0.05, 0) is 36.4 Å². The molecule has 0 bridgehead atoms. The zero-order valence-electron chi connectivity index (χ0n) is 14.6. The summed E-state index contributed by atoms with van der Waals surface area (Å²) in [6.07, 6.45) is 1.43. The van der Waals surface area contributed by atoms with Crippen molar-refractivity contribution in [2.45, 2.75) is 32.9 Å². The zero-order chi connectivity index (χ0) is 18.5. The summed E-state index contributed by atoms with van der Waals surface area (Å²) >= 11 is 1.59. The Bertz CT molecular complexity index is 1020. The van der Waals surface area contributed by atoms with Crippen molar-refractivity contribution in [3.63, 3.8) is 0 Å². The third-order valence-electron chi connectivity index (χ3n) is 4.17. The summed E-state index contributed by atoms with van der Waals surface area (Å²) in [7, 11) is 0. The molecule has 0 atom stereocenters. The third kappa shape index (κ3) is 3.77. The van der Waals surface area contributed by atoms with Gasteiger partial charge in [-0.1, -0.05) is 25.1 Å². The molecule has 0 aliphatic heterocycles. The van der Waals surface area contributed by atoms with Crippen molar-refractivity contribution in [3.8, 4) is 0 Å². The second-order valence-electron chi connectivity index (χ2n) is 6.02. The van der Waals surface area contributed by atoms with Gasteiger partial charge in [0.25, 0.3) is 5.56 Å². The van der Waals surface area contributed by atoms with E-state index in [1.165, 1.54) is 9.13 Å². The van der Waals surface area contributed by atoms with Crippen molar-refractivity contribution in [2.75, 3.05) is 6.54 Å². The zero-order valence-corrected chi connectivity index (χ0v) is 15.4. The minimum Gasteiger partial charge on any atom is -0.355 e. The molecule has 0 unspecified atom stereocenters. The lowest BCUT2D eigenvalue weighted by Gasteiger charge is -2.14. The molecule has 3 rings (SSSR count). The van der Waals surface area contributed by atoms with Crippen LogP contribution in [-0.4, -0.2) is 21.6 Å². The van der Waals surface area contributed by atoms with Crippen LogP contribution in [-0.2, 0) is 24.3 Å². The molecule has 2 heterocycles. The second-order valence-corrected chi connectivity index (χ2v) is 7.05. The number of hydrogen-bond donors (Lipinski definition) is 1. The van der Waals surface area contributed by atoms with Gasteiger partial charge >= 0.3 is 5.69 Å². The first kappa shape index (κ1) is 18.1. The third-order valence-corrected chi connectivity index (χ3v) is 5.10. The molecular formula is C19H21N3O3S. The van der Waals surface area contributed by atoms with Crippen molar-refractivity contribution in [1.82, 2.24) is 14.5 Å². The largest absolute Gasteiger partial charge is 0.355 e. The van der Waals surface area contributed by atoms with Gasteiger partial charge in [-0.15, -0.1) is 11.3 Å². The number of nitrogens with one attached hydrogen (secondary N) is 1. The number of hydrogen-bond acceptors (Lipinski definition) is 4. The molecule has 1 amide bonds. The minimum atomic E-state index is -0.447. The quantitative estimate of drug-likeness (QED) is 0.690. The van der Waals surface area contributed by atoms with Crippen LogP contribution in [0.4, 0.5) is 0 Å². The average Bonchev–Trinajstić information content (AvgIpc) is 3.17. The van der Waals surface area contributed by atoms with Crippen molar-refractivity contribution in [2.24, 2.45) is 0 Å². The van der Waals surface area contributed by atoms with E-state index in [0.717, 1.165) is 11.3 Å². The van der Waals surface area contributed by atoms with E-state index in [-0.39, 0.29) is 18.0 Å².